The van der Waals surface area contributed by atoms with Gasteiger partial charge in [0, 0.05) is 13.1 Å². The van der Waals surface area contributed by atoms with Crippen molar-refractivity contribution in [2.24, 2.45) is 10.8 Å². The van der Waals surface area contributed by atoms with Gasteiger partial charge in [-0.05, 0) is 41.7 Å². The maximum absolute atomic E-state index is 13.7. The van der Waals surface area contributed by atoms with Crippen molar-refractivity contribution >= 4 is 17.8 Å². The Balaban J connectivity index is 1.76. The van der Waals surface area contributed by atoms with E-state index < -0.39 is 22.9 Å². The molecule has 1 atom stereocenters. The fraction of sp³-hybridized carbons (Fsp3) is 0.250. The number of hydrogen-bond acceptors (Lipinski definition) is 6. The molecule has 0 fully saturated rings. The number of methoxy groups -OCH3 is 1. The number of benzene rings is 3. The van der Waals surface area contributed by atoms with E-state index in [-0.39, 0.29) is 42.9 Å². The molecule has 2 amide bonds. The van der Waals surface area contributed by atoms with E-state index in [1.807, 2.05) is 60.7 Å². The second-order valence-corrected chi connectivity index (χ2v) is 8.83. The van der Waals surface area contributed by atoms with Crippen LogP contribution in [0, 0.1) is 10.1 Å². The fourth-order valence-corrected chi connectivity index (χ4v) is 4.10. The molecule has 40 heavy (non-hydrogen) atoms. The number of aromatic hydroxyl groups is 1. The maximum atomic E-state index is 13.7. The first-order chi connectivity index (χ1) is 19.3. The van der Waals surface area contributed by atoms with Gasteiger partial charge in [-0.3, -0.25) is 9.59 Å². The zero-order valence-electron chi connectivity index (χ0n) is 21.9. The number of amides is 2. The van der Waals surface area contributed by atoms with Gasteiger partial charge in [0.2, 0.25) is 11.8 Å². The van der Waals surface area contributed by atoms with E-state index in [9.17, 15) is 24.8 Å². The molecular weight excluding hydrogens is 516 g/mol. The van der Waals surface area contributed by atoms with Crippen molar-refractivity contribution in [3.05, 3.63) is 106 Å². The molecule has 0 spiro atoms. The molecule has 3 aromatic carbocycles. The van der Waals surface area contributed by atoms with E-state index in [4.69, 9.17) is 10.5 Å². The standard InChI is InChI=1S/C28H32N6O6/c1-40-24-17-19(14-15-23(24)35)18-31-26(36)22(13-8-16-30-28(29)33-34(38)39)32-27(37)25(20-9-4-2-5-10-20)21-11-6-3-7-12-21/h2-7,9-12,14-15,17,22,25,35H,8,13,16,18H2,1H3,(H,31,36)(H,32,37)(H3,29,30,33)/t22-/m0/s1. The highest BCUT2D eigenvalue weighted by atomic mass is 16.7. The van der Waals surface area contributed by atoms with Crippen LogP contribution >= 0.6 is 0 Å². The number of hydrazone groups is 1. The third kappa shape index (κ3) is 8.72. The first-order valence-corrected chi connectivity index (χ1v) is 12.5. The van der Waals surface area contributed by atoms with Gasteiger partial charge in [0.1, 0.15) is 11.1 Å². The van der Waals surface area contributed by atoms with Crippen LogP contribution in [-0.2, 0) is 16.1 Å². The lowest BCUT2D eigenvalue weighted by Crippen LogP contribution is -2.48. The predicted molar refractivity (Wildman–Crippen MR) is 149 cm³/mol. The first-order valence-electron chi connectivity index (χ1n) is 12.5. The lowest BCUT2D eigenvalue weighted by molar-refractivity contribution is -0.485. The lowest BCUT2D eigenvalue weighted by atomic mass is 9.90. The summed E-state index contributed by atoms with van der Waals surface area (Å²) < 4.78 is 5.12. The van der Waals surface area contributed by atoms with Gasteiger partial charge >= 0.3 is 0 Å². The van der Waals surface area contributed by atoms with E-state index >= 15 is 0 Å². The molecule has 0 aliphatic carbocycles. The number of carbonyl (C=O) groups excluding carboxylic acids is 2. The summed E-state index contributed by atoms with van der Waals surface area (Å²) in [7, 11) is 1.43. The van der Waals surface area contributed by atoms with Crippen LogP contribution in [0.1, 0.15) is 35.4 Å². The molecule has 0 bridgehead atoms. The molecule has 0 aliphatic rings. The van der Waals surface area contributed by atoms with Crippen molar-refractivity contribution in [2.45, 2.75) is 31.3 Å². The van der Waals surface area contributed by atoms with Gasteiger partial charge in [0.25, 0.3) is 5.96 Å². The average Bonchev–Trinajstić information content (AvgIpc) is 2.95. The molecule has 0 radical (unpaired) electrons. The zero-order valence-corrected chi connectivity index (χ0v) is 21.9. The van der Waals surface area contributed by atoms with Gasteiger partial charge in [-0.15, -0.1) is 0 Å². The minimum atomic E-state index is -0.920. The topological polar surface area (TPSA) is 181 Å². The second-order valence-electron chi connectivity index (χ2n) is 8.83. The van der Waals surface area contributed by atoms with E-state index in [1.54, 1.807) is 12.1 Å². The summed E-state index contributed by atoms with van der Waals surface area (Å²) in [5.74, 6) is -1.55. The Morgan fingerprint density at radius 2 is 1.62 bits per heavy atom. The Labute approximate surface area is 231 Å². The number of guanidine groups is 1. The molecule has 0 aliphatic heterocycles. The molecule has 0 unspecified atom stereocenters. The number of ether oxygens (including phenoxy) is 1. The molecule has 12 nitrogen and oxygen atoms in total. The summed E-state index contributed by atoms with van der Waals surface area (Å²) in [6.45, 7) is 0.322. The normalized spacial score (nSPS) is 11.9. The van der Waals surface area contributed by atoms with Gasteiger partial charge in [-0.2, -0.15) is 0 Å². The summed E-state index contributed by atoms with van der Waals surface area (Å²) >= 11 is 0. The third-order valence-electron chi connectivity index (χ3n) is 6.04. The van der Waals surface area contributed by atoms with Crippen LogP contribution in [0.3, 0.4) is 0 Å². The molecule has 0 heterocycles. The molecule has 3 aromatic rings. The Bertz CT molecular complexity index is 1280. The summed E-state index contributed by atoms with van der Waals surface area (Å²) in [4.78, 5) is 37.4. The fourth-order valence-electron chi connectivity index (χ4n) is 4.10. The third-order valence-corrected chi connectivity index (χ3v) is 6.04. The van der Waals surface area contributed by atoms with Crippen LogP contribution < -0.4 is 26.4 Å². The number of rotatable bonds is 13. The second kappa shape index (κ2) is 14.7. The van der Waals surface area contributed by atoms with E-state index in [0.717, 1.165) is 11.1 Å². The van der Waals surface area contributed by atoms with Crippen molar-refractivity contribution in [3.8, 4) is 11.5 Å². The Morgan fingerprint density at radius 3 is 2.20 bits per heavy atom. The minimum Gasteiger partial charge on any atom is -0.504 e. The van der Waals surface area contributed by atoms with E-state index in [1.165, 1.54) is 13.2 Å². The largest absolute Gasteiger partial charge is 0.504 e. The average molecular weight is 549 g/mol. The van der Waals surface area contributed by atoms with Crippen LogP contribution in [0.15, 0.2) is 84.0 Å². The molecule has 12 heteroatoms. The quantitative estimate of drug-likeness (QED) is 0.0708. The number of phenols is 1. The van der Waals surface area contributed by atoms with Crippen LogP contribution in [0.25, 0.3) is 0 Å². The van der Waals surface area contributed by atoms with Crippen molar-refractivity contribution in [3.63, 3.8) is 0 Å². The highest BCUT2D eigenvalue weighted by Crippen LogP contribution is 2.27. The molecular formula is C28H32N6O6. The molecule has 6 N–H and O–H groups in total. The highest BCUT2D eigenvalue weighted by Gasteiger charge is 2.27. The first kappa shape index (κ1) is 29.4. The predicted octanol–water partition coefficient (Wildman–Crippen LogP) is 2.21. The summed E-state index contributed by atoms with van der Waals surface area (Å²) in [6, 6.07) is 22.3. The van der Waals surface area contributed by atoms with Crippen molar-refractivity contribution < 1.29 is 24.5 Å². The molecule has 0 aromatic heterocycles. The van der Waals surface area contributed by atoms with Crippen LogP contribution in [0.4, 0.5) is 0 Å². The van der Waals surface area contributed by atoms with Gasteiger partial charge < -0.3 is 31.5 Å². The van der Waals surface area contributed by atoms with E-state index in [0.29, 0.717) is 12.0 Å². The number of carbonyl (C=O) groups is 2. The SMILES string of the molecule is COc1cc(CNC(=O)[C@H](CCCNC(N)=N[N+](=O)[O-])NC(=O)C(c2ccccc2)c2ccccc2)ccc1O. The summed E-state index contributed by atoms with van der Waals surface area (Å²) in [5.41, 5.74) is 7.69. The van der Waals surface area contributed by atoms with Gasteiger partial charge in [-0.25, -0.2) is 10.1 Å². The zero-order chi connectivity index (χ0) is 28.9. The Morgan fingerprint density at radius 1 is 1.00 bits per heavy atom. The van der Waals surface area contributed by atoms with Crippen molar-refractivity contribution in [1.29, 1.82) is 0 Å². The smallest absolute Gasteiger partial charge is 0.266 e. The van der Waals surface area contributed by atoms with Crippen LogP contribution in [0.2, 0.25) is 0 Å². The number of nitrogens with two attached hydrogens (primary N) is 1. The minimum absolute atomic E-state index is 0.0250. The number of nitro groups is 1. The summed E-state index contributed by atoms with van der Waals surface area (Å²) in [5, 5.41) is 30.7. The van der Waals surface area contributed by atoms with Gasteiger partial charge in [-0.1, -0.05) is 66.7 Å². The molecule has 0 saturated heterocycles. The molecule has 210 valence electrons. The van der Waals surface area contributed by atoms with Crippen molar-refractivity contribution in [2.75, 3.05) is 13.7 Å². The number of phenolic OH excluding ortho intramolecular Hbond substituents is 1. The molecule has 3 rings (SSSR count). The number of hydrogen-bond donors (Lipinski definition) is 5. The van der Waals surface area contributed by atoms with Crippen molar-refractivity contribution in [1.82, 2.24) is 16.0 Å². The summed E-state index contributed by atoms with van der Waals surface area (Å²) in [6.07, 6.45) is 0.562. The lowest BCUT2D eigenvalue weighted by Gasteiger charge is -2.23. The van der Waals surface area contributed by atoms with Crippen LogP contribution in [-0.4, -0.2) is 47.6 Å². The van der Waals surface area contributed by atoms with Gasteiger partial charge in [0.05, 0.1) is 13.0 Å². The number of nitrogens with zero attached hydrogens (tertiary/aromatic N) is 2. The Hall–Kier alpha value is -5.13. The monoisotopic (exact) mass is 548 g/mol. The Kier molecular flexibility index (Phi) is 10.8. The highest BCUT2D eigenvalue weighted by molar-refractivity contribution is 5.92. The molecule has 0 saturated carbocycles. The van der Waals surface area contributed by atoms with Crippen LogP contribution in [0.5, 0.6) is 11.5 Å². The van der Waals surface area contributed by atoms with Gasteiger partial charge in [0.15, 0.2) is 16.5 Å². The maximum Gasteiger partial charge on any atom is 0.266 e. The number of nitrogens with one attached hydrogen (secondary N) is 3. The van der Waals surface area contributed by atoms with E-state index in [2.05, 4.69) is 21.1 Å².